The molecular weight excluding hydrogens is 262 g/mol. The molecule has 1 aliphatic carbocycles. The highest BCUT2D eigenvalue weighted by Crippen LogP contribution is 2.30. The summed E-state index contributed by atoms with van der Waals surface area (Å²) in [5.74, 6) is 0.546. The zero-order chi connectivity index (χ0) is 14.8. The molecule has 21 heavy (non-hydrogen) atoms. The number of nitrogens with zero attached hydrogens (tertiary/aromatic N) is 1. The number of aromatic nitrogens is 1. The van der Waals surface area contributed by atoms with Crippen molar-refractivity contribution in [1.29, 1.82) is 0 Å². The van der Waals surface area contributed by atoms with E-state index >= 15 is 0 Å². The minimum absolute atomic E-state index is 0.125. The average Bonchev–Trinajstić information content (AvgIpc) is 2.46. The Kier molecular flexibility index (Phi) is 3.97. The lowest BCUT2D eigenvalue weighted by atomic mass is 9.87. The van der Waals surface area contributed by atoms with Gasteiger partial charge in [-0.05, 0) is 50.3 Å². The first kappa shape index (κ1) is 14.1. The van der Waals surface area contributed by atoms with E-state index in [1.54, 1.807) is 0 Å². The maximum Gasteiger partial charge on any atom is 0.0543 e. The number of aliphatic hydroxyl groups is 1. The summed E-state index contributed by atoms with van der Waals surface area (Å²) in [6.45, 7) is 2.89. The van der Waals surface area contributed by atoms with Crippen LogP contribution < -0.4 is 11.1 Å². The number of nitrogens with two attached hydrogens (primary N) is 1. The van der Waals surface area contributed by atoms with E-state index in [9.17, 15) is 5.11 Å². The fourth-order valence-corrected chi connectivity index (χ4v) is 3.22. The molecule has 1 fully saturated rings. The second kappa shape index (κ2) is 5.90. The molecule has 0 bridgehead atoms. The van der Waals surface area contributed by atoms with E-state index in [2.05, 4.69) is 16.4 Å². The molecule has 1 aromatic carbocycles. The van der Waals surface area contributed by atoms with E-state index in [-0.39, 0.29) is 6.10 Å². The van der Waals surface area contributed by atoms with Crippen molar-refractivity contribution in [2.45, 2.75) is 38.7 Å². The van der Waals surface area contributed by atoms with Gasteiger partial charge in [-0.3, -0.25) is 4.98 Å². The minimum atomic E-state index is -0.125. The highest BCUT2D eigenvalue weighted by atomic mass is 16.3. The number of benzene rings is 1. The number of rotatable bonds is 3. The van der Waals surface area contributed by atoms with Gasteiger partial charge in [-0.1, -0.05) is 6.42 Å². The molecule has 2 aromatic rings. The van der Waals surface area contributed by atoms with Crippen molar-refractivity contribution in [2.75, 3.05) is 17.6 Å². The zero-order valence-electron chi connectivity index (χ0n) is 12.5. The lowest BCUT2D eigenvalue weighted by Crippen LogP contribution is -2.25. The highest BCUT2D eigenvalue weighted by molar-refractivity contribution is 6.00. The molecule has 1 heterocycles. The van der Waals surface area contributed by atoms with Gasteiger partial charge >= 0.3 is 0 Å². The summed E-state index contributed by atoms with van der Waals surface area (Å²) >= 11 is 0. The van der Waals surface area contributed by atoms with Crippen LogP contribution in [0.3, 0.4) is 0 Å². The Morgan fingerprint density at radius 2 is 2.19 bits per heavy atom. The Hall–Kier alpha value is -1.81. The van der Waals surface area contributed by atoms with E-state index in [4.69, 9.17) is 5.73 Å². The van der Waals surface area contributed by atoms with Crippen LogP contribution in [-0.4, -0.2) is 22.7 Å². The summed E-state index contributed by atoms with van der Waals surface area (Å²) in [7, 11) is 0. The predicted molar refractivity (Wildman–Crippen MR) is 87.3 cm³/mol. The predicted octanol–water partition coefficient (Wildman–Crippen LogP) is 3.09. The van der Waals surface area contributed by atoms with Gasteiger partial charge in [0, 0.05) is 40.6 Å². The Bertz CT molecular complexity index is 641. The molecule has 112 valence electrons. The minimum Gasteiger partial charge on any atom is -0.398 e. The number of nitrogens with one attached hydrogen (secondary N) is 1. The van der Waals surface area contributed by atoms with Gasteiger partial charge in [0.1, 0.15) is 0 Å². The normalized spacial score (nSPS) is 22.4. The molecule has 0 saturated heterocycles. The first-order chi connectivity index (χ1) is 10.1. The number of aryl methyl sites for hydroxylation is 1. The number of nitrogen functional groups attached to an aromatic ring is 1. The first-order valence-corrected chi connectivity index (χ1v) is 7.70. The number of fused-ring (bicyclic) bond motifs is 1. The van der Waals surface area contributed by atoms with Crippen LogP contribution in [0.4, 0.5) is 11.4 Å². The quantitative estimate of drug-likeness (QED) is 0.758. The number of pyridine rings is 1. The topological polar surface area (TPSA) is 71.2 Å². The largest absolute Gasteiger partial charge is 0.398 e. The SMILES string of the molecule is Cc1cc2c(NCC3CCCC(O)C3)ccc(N)c2cn1. The number of anilines is 2. The van der Waals surface area contributed by atoms with Crippen LogP contribution in [0.5, 0.6) is 0 Å². The standard InChI is InChI=1S/C17H23N3O/c1-11-7-14-15(10-19-11)16(18)5-6-17(14)20-9-12-3-2-4-13(21)8-12/h5-7,10,12-13,20-21H,2-4,8-9,18H2,1H3. The third-order valence-electron chi connectivity index (χ3n) is 4.41. The molecule has 4 heteroatoms. The van der Waals surface area contributed by atoms with Gasteiger partial charge in [0.25, 0.3) is 0 Å². The maximum absolute atomic E-state index is 9.77. The molecule has 0 aliphatic heterocycles. The lowest BCUT2D eigenvalue weighted by molar-refractivity contribution is 0.105. The third kappa shape index (κ3) is 3.10. The molecule has 0 spiro atoms. The second-order valence-corrected chi connectivity index (χ2v) is 6.14. The Labute approximate surface area is 125 Å². The summed E-state index contributed by atoms with van der Waals surface area (Å²) in [6, 6.07) is 6.04. The molecule has 2 atom stereocenters. The highest BCUT2D eigenvalue weighted by Gasteiger charge is 2.20. The first-order valence-electron chi connectivity index (χ1n) is 7.70. The Balaban J connectivity index is 1.80. The van der Waals surface area contributed by atoms with Crippen LogP contribution in [-0.2, 0) is 0 Å². The van der Waals surface area contributed by atoms with Gasteiger partial charge in [-0.2, -0.15) is 0 Å². The summed E-state index contributed by atoms with van der Waals surface area (Å²) in [5, 5.41) is 15.4. The van der Waals surface area contributed by atoms with Gasteiger partial charge in [0.05, 0.1) is 6.10 Å². The van der Waals surface area contributed by atoms with Crippen LogP contribution >= 0.6 is 0 Å². The molecule has 4 nitrogen and oxygen atoms in total. The summed E-state index contributed by atoms with van der Waals surface area (Å²) in [4.78, 5) is 4.33. The van der Waals surface area contributed by atoms with Crippen molar-refractivity contribution in [2.24, 2.45) is 5.92 Å². The monoisotopic (exact) mass is 285 g/mol. The van der Waals surface area contributed by atoms with E-state index in [0.29, 0.717) is 5.92 Å². The lowest BCUT2D eigenvalue weighted by Gasteiger charge is -2.26. The summed E-state index contributed by atoms with van der Waals surface area (Å²) in [6.07, 6.45) is 5.89. The van der Waals surface area contributed by atoms with E-state index in [1.807, 2.05) is 25.3 Å². The Morgan fingerprint density at radius 3 is 3.00 bits per heavy atom. The Morgan fingerprint density at radius 1 is 1.33 bits per heavy atom. The molecule has 1 aliphatic rings. The van der Waals surface area contributed by atoms with Crippen molar-refractivity contribution in [1.82, 2.24) is 4.98 Å². The molecular formula is C17H23N3O. The molecule has 3 rings (SSSR count). The fourth-order valence-electron chi connectivity index (χ4n) is 3.22. The van der Waals surface area contributed by atoms with Crippen molar-refractivity contribution in [3.63, 3.8) is 0 Å². The average molecular weight is 285 g/mol. The number of hydrogen-bond acceptors (Lipinski definition) is 4. The molecule has 2 unspecified atom stereocenters. The molecule has 1 saturated carbocycles. The molecule has 0 radical (unpaired) electrons. The van der Waals surface area contributed by atoms with Gasteiger partial charge in [0.2, 0.25) is 0 Å². The van der Waals surface area contributed by atoms with Crippen LogP contribution in [0.2, 0.25) is 0 Å². The van der Waals surface area contributed by atoms with Crippen LogP contribution in [0.15, 0.2) is 24.4 Å². The number of aliphatic hydroxyl groups excluding tert-OH is 1. The zero-order valence-corrected chi connectivity index (χ0v) is 12.5. The summed E-state index contributed by atoms with van der Waals surface area (Å²) < 4.78 is 0. The van der Waals surface area contributed by atoms with E-state index in [0.717, 1.165) is 53.6 Å². The summed E-state index contributed by atoms with van der Waals surface area (Å²) in [5.41, 5.74) is 8.88. The van der Waals surface area contributed by atoms with Gasteiger partial charge < -0.3 is 16.2 Å². The van der Waals surface area contributed by atoms with Crippen molar-refractivity contribution in [3.8, 4) is 0 Å². The van der Waals surface area contributed by atoms with Crippen molar-refractivity contribution < 1.29 is 5.11 Å². The fraction of sp³-hybridized carbons (Fsp3) is 0.471. The second-order valence-electron chi connectivity index (χ2n) is 6.14. The maximum atomic E-state index is 9.77. The third-order valence-corrected chi connectivity index (χ3v) is 4.41. The van der Waals surface area contributed by atoms with Crippen LogP contribution in [0.25, 0.3) is 10.8 Å². The van der Waals surface area contributed by atoms with Crippen molar-refractivity contribution in [3.05, 3.63) is 30.1 Å². The van der Waals surface area contributed by atoms with E-state index < -0.39 is 0 Å². The van der Waals surface area contributed by atoms with Gasteiger partial charge in [-0.15, -0.1) is 0 Å². The van der Waals surface area contributed by atoms with Crippen LogP contribution in [0.1, 0.15) is 31.4 Å². The van der Waals surface area contributed by atoms with Crippen LogP contribution in [0, 0.1) is 12.8 Å². The smallest absolute Gasteiger partial charge is 0.0543 e. The number of hydrogen-bond donors (Lipinski definition) is 3. The molecule has 1 aromatic heterocycles. The van der Waals surface area contributed by atoms with Gasteiger partial charge in [0.15, 0.2) is 0 Å². The molecule has 0 amide bonds. The van der Waals surface area contributed by atoms with Gasteiger partial charge in [-0.25, -0.2) is 0 Å². The van der Waals surface area contributed by atoms with Crippen molar-refractivity contribution >= 4 is 22.1 Å². The molecule has 4 N–H and O–H groups in total. The van der Waals surface area contributed by atoms with E-state index in [1.165, 1.54) is 6.42 Å².